The van der Waals surface area contributed by atoms with Gasteiger partial charge in [-0.15, -0.1) is 17.5 Å². The summed E-state index contributed by atoms with van der Waals surface area (Å²) in [5, 5.41) is 8.80. The van der Waals surface area contributed by atoms with Gasteiger partial charge in [-0.25, -0.2) is 9.67 Å². The molecule has 126 valence electrons. The van der Waals surface area contributed by atoms with Crippen LogP contribution < -0.4 is 10.1 Å². The number of morpholine rings is 1. The first kappa shape index (κ1) is 16.7. The van der Waals surface area contributed by atoms with E-state index in [9.17, 15) is 0 Å². The molecule has 1 aliphatic heterocycles. The summed E-state index contributed by atoms with van der Waals surface area (Å²) in [4.78, 5) is 4.45. The summed E-state index contributed by atoms with van der Waals surface area (Å²) in [5.74, 6) is 0.589. The highest BCUT2D eigenvalue weighted by Gasteiger charge is 2.18. The van der Waals surface area contributed by atoms with E-state index in [0.29, 0.717) is 12.5 Å². The molecule has 0 unspecified atom stereocenters. The van der Waals surface area contributed by atoms with E-state index in [-0.39, 0.29) is 18.5 Å². The van der Waals surface area contributed by atoms with Gasteiger partial charge in [0.05, 0.1) is 17.7 Å². The molecule has 0 radical (unpaired) electrons. The molecule has 1 saturated heterocycles. The molecule has 24 heavy (non-hydrogen) atoms. The molecule has 0 bridgehead atoms. The standard InChI is InChI=1S/C17H18N4O2.ClH/c1-2-5-13(6-3-1)21-16-15(7-4-8-19-16)17(20-21)23-12-14-11-18-9-10-22-14;/h1-8,14,18H,9-12H2;1H/t14-;/m0./s1. The predicted octanol–water partition coefficient (Wildman–Crippen LogP) is 2.21. The number of pyridine rings is 1. The van der Waals surface area contributed by atoms with Crippen molar-refractivity contribution in [3.05, 3.63) is 48.7 Å². The molecular formula is C17H19ClN4O2. The van der Waals surface area contributed by atoms with E-state index >= 15 is 0 Å². The van der Waals surface area contributed by atoms with Crippen molar-refractivity contribution < 1.29 is 9.47 Å². The van der Waals surface area contributed by atoms with Gasteiger partial charge in [0.25, 0.3) is 0 Å². The van der Waals surface area contributed by atoms with E-state index in [1.807, 2.05) is 47.1 Å². The second-order valence-corrected chi connectivity index (χ2v) is 5.44. The molecule has 3 aromatic rings. The maximum atomic E-state index is 5.92. The fraction of sp³-hybridized carbons (Fsp3) is 0.294. The fourth-order valence-electron chi connectivity index (χ4n) is 2.68. The summed E-state index contributed by atoms with van der Waals surface area (Å²) in [6, 6.07) is 13.8. The number of aromatic nitrogens is 3. The van der Waals surface area contributed by atoms with Crippen LogP contribution in [0.3, 0.4) is 0 Å². The molecule has 2 aromatic heterocycles. The first-order chi connectivity index (χ1) is 11.4. The van der Waals surface area contributed by atoms with Crippen LogP contribution in [0.2, 0.25) is 0 Å². The zero-order chi connectivity index (χ0) is 15.5. The van der Waals surface area contributed by atoms with Gasteiger partial charge in [-0.1, -0.05) is 18.2 Å². The largest absolute Gasteiger partial charge is 0.473 e. The van der Waals surface area contributed by atoms with Crippen molar-refractivity contribution in [1.82, 2.24) is 20.1 Å². The van der Waals surface area contributed by atoms with Crippen LogP contribution in [-0.4, -0.2) is 47.2 Å². The highest BCUT2D eigenvalue weighted by atomic mass is 35.5. The topological polar surface area (TPSA) is 61.2 Å². The van der Waals surface area contributed by atoms with Crippen LogP contribution in [0.5, 0.6) is 5.88 Å². The van der Waals surface area contributed by atoms with Crippen LogP contribution in [0, 0.1) is 0 Å². The second kappa shape index (κ2) is 7.61. The quantitative estimate of drug-likeness (QED) is 0.784. The Bertz CT molecular complexity index is 788. The number of nitrogens with one attached hydrogen (secondary N) is 1. The van der Waals surface area contributed by atoms with Crippen molar-refractivity contribution in [2.45, 2.75) is 6.10 Å². The molecule has 3 heterocycles. The summed E-state index contributed by atoms with van der Waals surface area (Å²) < 4.78 is 13.4. The van der Waals surface area contributed by atoms with Gasteiger partial charge in [-0.05, 0) is 24.3 Å². The minimum atomic E-state index is 0. The monoisotopic (exact) mass is 346 g/mol. The lowest BCUT2D eigenvalue weighted by atomic mass is 10.3. The minimum absolute atomic E-state index is 0. The lowest BCUT2D eigenvalue weighted by Gasteiger charge is -2.23. The van der Waals surface area contributed by atoms with Crippen LogP contribution in [0.15, 0.2) is 48.7 Å². The van der Waals surface area contributed by atoms with E-state index in [2.05, 4.69) is 15.4 Å². The average molecular weight is 347 g/mol. The number of halogens is 1. The maximum Gasteiger partial charge on any atom is 0.243 e. The van der Waals surface area contributed by atoms with Crippen LogP contribution in [0.1, 0.15) is 0 Å². The molecule has 0 aliphatic carbocycles. The molecule has 4 rings (SSSR count). The molecule has 6 nitrogen and oxygen atoms in total. The van der Waals surface area contributed by atoms with Crippen LogP contribution >= 0.6 is 12.4 Å². The highest BCUT2D eigenvalue weighted by Crippen LogP contribution is 2.25. The van der Waals surface area contributed by atoms with E-state index in [4.69, 9.17) is 9.47 Å². The van der Waals surface area contributed by atoms with Crippen LogP contribution in [-0.2, 0) is 4.74 Å². The van der Waals surface area contributed by atoms with Gasteiger partial charge in [-0.2, -0.15) is 0 Å². The van der Waals surface area contributed by atoms with Crippen molar-refractivity contribution >= 4 is 23.4 Å². The molecule has 0 amide bonds. The molecular weight excluding hydrogens is 328 g/mol. The third kappa shape index (κ3) is 3.36. The molecule has 1 aromatic carbocycles. The number of rotatable bonds is 4. The zero-order valence-corrected chi connectivity index (χ0v) is 13.9. The third-order valence-electron chi connectivity index (χ3n) is 3.82. The summed E-state index contributed by atoms with van der Waals surface area (Å²) in [5.41, 5.74) is 1.75. The van der Waals surface area contributed by atoms with Gasteiger partial charge >= 0.3 is 0 Å². The molecule has 1 N–H and O–H groups in total. The first-order valence-corrected chi connectivity index (χ1v) is 7.76. The Morgan fingerprint density at radius 3 is 2.88 bits per heavy atom. The third-order valence-corrected chi connectivity index (χ3v) is 3.82. The molecule has 0 saturated carbocycles. The molecule has 7 heteroatoms. The summed E-state index contributed by atoms with van der Waals surface area (Å²) in [6.45, 7) is 2.89. The highest BCUT2D eigenvalue weighted by molar-refractivity contribution is 5.85. The summed E-state index contributed by atoms with van der Waals surface area (Å²) >= 11 is 0. The Balaban J connectivity index is 0.00000169. The van der Waals surface area contributed by atoms with Gasteiger partial charge < -0.3 is 14.8 Å². The predicted molar refractivity (Wildman–Crippen MR) is 94.2 cm³/mol. The maximum absolute atomic E-state index is 5.92. The van der Waals surface area contributed by atoms with Crippen LogP contribution in [0.4, 0.5) is 0 Å². The van der Waals surface area contributed by atoms with E-state index in [0.717, 1.165) is 36.4 Å². The average Bonchev–Trinajstić information content (AvgIpc) is 3.01. The van der Waals surface area contributed by atoms with Gasteiger partial charge in [-0.3, -0.25) is 0 Å². The van der Waals surface area contributed by atoms with Crippen LogP contribution in [0.25, 0.3) is 16.7 Å². The lowest BCUT2D eigenvalue weighted by Crippen LogP contribution is -2.41. The van der Waals surface area contributed by atoms with Gasteiger partial charge in [0, 0.05) is 19.3 Å². The number of para-hydroxylation sites is 1. The minimum Gasteiger partial charge on any atom is -0.473 e. The fourth-order valence-corrected chi connectivity index (χ4v) is 2.68. The SMILES string of the molecule is Cl.c1ccc(-n2nc(OC[C@@H]3CNCCO3)c3cccnc32)cc1. The van der Waals surface area contributed by atoms with Gasteiger partial charge in [0.1, 0.15) is 12.7 Å². The Morgan fingerprint density at radius 1 is 1.21 bits per heavy atom. The number of hydrogen-bond donors (Lipinski definition) is 1. The van der Waals surface area contributed by atoms with Crippen molar-refractivity contribution in [3.8, 4) is 11.6 Å². The van der Waals surface area contributed by atoms with E-state index in [1.54, 1.807) is 6.20 Å². The second-order valence-electron chi connectivity index (χ2n) is 5.44. The molecule has 0 spiro atoms. The normalized spacial score (nSPS) is 17.4. The number of benzene rings is 1. The number of fused-ring (bicyclic) bond motifs is 1. The Hall–Kier alpha value is -2.15. The lowest BCUT2D eigenvalue weighted by molar-refractivity contribution is -0.000505. The summed E-state index contributed by atoms with van der Waals surface area (Å²) in [6.07, 6.45) is 1.82. The van der Waals surface area contributed by atoms with Crippen molar-refractivity contribution in [2.24, 2.45) is 0 Å². The van der Waals surface area contributed by atoms with Gasteiger partial charge in [0.15, 0.2) is 5.65 Å². The zero-order valence-electron chi connectivity index (χ0n) is 13.1. The van der Waals surface area contributed by atoms with E-state index in [1.165, 1.54) is 0 Å². The number of nitrogens with zero attached hydrogens (tertiary/aromatic N) is 3. The van der Waals surface area contributed by atoms with Crippen molar-refractivity contribution in [1.29, 1.82) is 0 Å². The number of ether oxygens (including phenoxy) is 2. The molecule has 1 fully saturated rings. The Morgan fingerprint density at radius 2 is 2.08 bits per heavy atom. The molecule has 1 aliphatic rings. The van der Waals surface area contributed by atoms with Gasteiger partial charge in [0.2, 0.25) is 5.88 Å². The number of hydrogen-bond acceptors (Lipinski definition) is 5. The summed E-state index contributed by atoms with van der Waals surface area (Å²) in [7, 11) is 0. The smallest absolute Gasteiger partial charge is 0.243 e. The van der Waals surface area contributed by atoms with E-state index < -0.39 is 0 Å². The Kier molecular flexibility index (Phi) is 5.30. The Labute approximate surface area is 146 Å². The molecule has 1 atom stereocenters. The van der Waals surface area contributed by atoms with Crippen molar-refractivity contribution in [2.75, 3.05) is 26.3 Å². The first-order valence-electron chi connectivity index (χ1n) is 7.76. The van der Waals surface area contributed by atoms with Crippen molar-refractivity contribution in [3.63, 3.8) is 0 Å².